The van der Waals surface area contributed by atoms with Crippen LogP contribution in [0.5, 0.6) is 0 Å². The summed E-state index contributed by atoms with van der Waals surface area (Å²) >= 11 is 1.94. The van der Waals surface area contributed by atoms with Crippen LogP contribution in [-0.2, 0) is 32.4 Å². The average molecular weight is 344 g/mol. The molecule has 6 heteroatoms. The van der Waals surface area contributed by atoms with E-state index in [1.807, 2.05) is 11.3 Å². The molecule has 4 heterocycles. The lowest BCUT2D eigenvalue weighted by molar-refractivity contribution is 0.233. The number of rotatable bonds is 3. The largest absolute Gasteiger partial charge is 0.314 e. The van der Waals surface area contributed by atoms with Gasteiger partial charge in [0.2, 0.25) is 0 Å². The van der Waals surface area contributed by atoms with E-state index in [0.717, 1.165) is 26.1 Å². The van der Waals surface area contributed by atoms with Gasteiger partial charge in [-0.1, -0.05) is 6.42 Å². The molecule has 5 rings (SSSR count). The van der Waals surface area contributed by atoms with Crippen LogP contribution in [0, 0.1) is 0 Å². The van der Waals surface area contributed by atoms with E-state index in [1.165, 1.54) is 78.6 Å². The molecular formula is C18H25N5S. The summed E-state index contributed by atoms with van der Waals surface area (Å²) in [6.07, 6.45) is 11.1. The van der Waals surface area contributed by atoms with Crippen molar-refractivity contribution >= 4 is 11.3 Å². The van der Waals surface area contributed by atoms with Gasteiger partial charge in [0, 0.05) is 17.8 Å². The minimum absolute atomic E-state index is 0.433. The van der Waals surface area contributed by atoms with Gasteiger partial charge < -0.3 is 4.57 Å². The quantitative estimate of drug-likeness (QED) is 0.858. The number of aromatic nitrogens is 4. The Labute approximate surface area is 147 Å². The monoisotopic (exact) mass is 343 g/mol. The van der Waals surface area contributed by atoms with Crippen LogP contribution in [0.25, 0.3) is 0 Å². The van der Waals surface area contributed by atoms with E-state index in [9.17, 15) is 0 Å². The number of nitrogens with zero attached hydrogens (tertiary/aromatic N) is 5. The summed E-state index contributed by atoms with van der Waals surface area (Å²) in [6.45, 7) is 3.26. The van der Waals surface area contributed by atoms with Crippen LogP contribution in [0.4, 0.5) is 0 Å². The molecule has 0 unspecified atom stereocenters. The maximum absolute atomic E-state index is 4.91. The smallest absolute Gasteiger partial charge is 0.150 e. The first kappa shape index (κ1) is 15.0. The highest BCUT2D eigenvalue weighted by Gasteiger charge is 2.32. The lowest BCUT2D eigenvalue weighted by Crippen LogP contribution is -2.25. The number of hydrogen-bond acceptors (Lipinski definition) is 5. The van der Waals surface area contributed by atoms with E-state index >= 15 is 0 Å². The van der Waals surface area contributed by atoms with Crippen molar-refractivity contribution in [3.63, 3.8) is 0 Å². The number of thiazole rings is 1. The predicted molar refractivity (Wildman–Crippen MR) is 94.1 cm³/mol. The van der Waals surface area contributed by atoms with Crippen LogP contribution in [0.2, 0.25) is 0 Å². The zero-order chi connectivity index (χ0) is 15.9. The molecule has 128 valence electrons. The molecule has 0 aromatic carbocycles. The summed E-state index contributed by atoms with van der Waals surface area (Å²) in [4.78, 5) is 9.04. The fraction of sp³-hybridized carbons (Fsp3) is 0.722. The molecule has 1 atom stereocenters. The first-order chi connectivity index (χ1) is 11.9. The molecule has 0 saturated carbocycles. The molecule has 3 aliphatic rings. The standard InChI is InChI=1S/C18H25N5S/c1-2-9-16-20-21-18(23(16)11-3-1)14-7-5-10-22(14)12-17-19-13-6-4-8-15(13)24-17/h14H,1-12H2/t14-/m0/s1. The third-order valence-electron chi connectivity index (χ3n) is 5.78. The van der Waals surface area contributed by atoms with Crippen LogP contribution in [0.1, 0.15) is 71.8 Å². The van der Waals surface area contributed by atoms with Crippen LogP contribution in [0.15, 0.2) is 0 Å². The van der Waals surface area contributed by atoms with Gasteiger partial charge in [-0.2, -0.15) is 0 Å². The highest BCUT2D eigenvalue weighted by Crippen LogP contribution is 2.35. The normalized spacial score (nSPS) is 24.1. The highest BCUT2D eigenvalue weighted by molar-refractivity contribution is 7.11. The van der Waals surface area contributed by atoms with Gasteiger partial charge in [0.15, 0.2) is 0 Å². The Balaban J connectivity index is 1.38. The van der Waals surface area contributed by atoms with Crippen LogP contribution in [0.3, 0.4) is 0 Å². The van der Waals surface area contributed by atoms with E-state index in [1.54, 1.807) is 0 Å². The van der Waals surface area contributed by atoms with Crippen LogP contribution >= 0.6 is 11.3 Å². The molecule has 0 bridgehead atoms. The molecule has 0 radical (unpaired) electrons. The second-order valence-corrected chi connectivity index (χ2v) is 8.56. The third kappa shape index (κ3) is 2.60. The van der Waals surface area contributed by atoms with Crippen molar-refractivity contribution in [1.82, 2.24) is 24.6 Å². The first-order valence-corrected chi connectivity index (χ1v) is 10.3. The van der Waals surface area contributed by atoms with Crippen molar-refractivity contribution in [1.29, 1.82) is 0 Å². The molecule has 0 N–H and O–H groups in total. The SMILES string of the molecule is C1CCc2nnc([C@@H]3CCCN3Cc3nc4c(s3)CCC4)n2CC1. The molecule has 24 heavy (non-hydrogen) atoms. The summed E-state index contributed by atoms with van der Waals surface area (Å²) in [6, 6.07) is 0.433. The highest BCUT2D eigenvalue weighted by atomic mass is 32.1. The zero-order valence-electron chi connectivity index (χ0n) is 14.2. The van der Waals surface area contributed by atoms with Crippen molar-refractivity contribution in [2.45, 2.75) is 76.9 Å². The van der Waals surface area contributed by atoms with Crippen LogP contribution in [-0.4, -0.2) is 31.2 Å². The van der Waals surface area contributed by atoms with Gasteiger partial charge >= 0.3 is 0 Å². The summed E-state index contributed by atoms with van der Waals surface area (Å²) in [5.41, 5.74) is 1.38. The molecule has 2 aromatic heterocycles. The second kappa shape index (κ2) is 6.23. The van der Waals surface area contributed by atoms with Crippen molar-refractivity contribution in [3.05, 3.63) is 27.2 Å². The summed E-state index contributed by atoms with van der Waals surface area (Å²) in [5.74, 6) is 2.43. The second-order valence-electron chi connectivity index (χ2n) is 7.40. The Bertz CT molecular complexity index is 712. The van der Waals surface area contributed by atoms with Gasteiger partial charge in [-0.3, -0.25) is 4.90 Å². The Hall–Kier alpha value is -1.27. The number of aryl methyl sites for hydroxylation is 3. The fourth-order valence-electron chi connectivity index (χ4n) is 4.55. The Morgan fingerprint density at radius 3 is 2.92 bits per heavy atom. The van der Waals surface area contributed by atoms with E-state index in [4.69, 9.17) is 4.98 Å². The van der Waals surface area contributed by atoms with Gasteiger partial charge in [-0.05, 0) is 51.5 Å². The predicted octanol–water partition coefficient (Wildman–Crippen LogP) is 3.29. The number of hydrogen-bond donors (Lipinski definition) is 0. The molecule has 1 aliphatic carbocycles. The number of fused-ring (bicyclic) bond motifs is 2. The van der Waals surface area contributed by atoms with Gasteiger partial charge in [0.05, 0.1) is 18.3 Å². The maximum atomic E-state index is 4.91. The molecule has 0 spiro atoms. The summed E-state index contributed by atoms with van der Waals surface area (Å²) in [5, 5.41) is 10.4. The van der Waals surface area contributed by atoms with Crippen molar-refractivity contribution < 1.29 is 0 Å². The van der Waals surface area contributed by atoms with Crippen LogP contribution < -0.4 is 0 Å². The Morgan fingerprint density at radius 2 is 1.96 bits per heavy atom. The van der Waals surface area contributed by atoms with Crippen molar-refractivity contribution in [2.75, 3.05) is 6.54 Å². The molecule has 1 fully saturated rings. The molecule has 2 aromatic rings. The lowest BCUT2D eigenvalue weighted by atomic mass is 10.2. The average Bonchev–Trinajstić information content (AvgIpc) is 3.31. The van der Waals surface area contributed by atoms with Gasteiger partial charge in [0.25, 0.3) is 0 Å². The van der Waals surface area contributed by atoms with E-state index in [-0.39, 0.29) is 0 Å². The maximum Gasteiger partial charge on any atom is 0.150 e. The first-order valence-electron chi connectivity index (χ1n) is 9.52. The van der Waals surface area contributed by atoms with E-state index in [2.05, 4.69) is 19.7 Å². The van der Waals surface area contributed by atoms with Gasteiger partial charge in [-0.15, -0.1) is 21.5 Å². The summed E-state index contributed by atoms with van der Waals surface area (Å²) in [7, 11) is 0. The Morgan fingerprint density at radius 1 is 0.958 bits per heavy atom. The molecule has 5 nitrogen and oxygen atoms in total. The lowest BCUT2D eigenvalue weighted by Gasteiger charge is -2.23. The van der Waals surface area contributed by atoms with E-state index < -0.39 is 0 Å². The molecule has 0 amide bonds. The third-order valence-corrected chi connectivity index (χ3v) is 6.92. The minimum Gasteiger partial charge on any atom is -0.314 e. The molecule has 1 saturated heterocycles. The summed E-state index contributed by atoms with van der Waals surface area (Å²) < 4.78 is 2.43. The molecule has 2 aliphatic heterocycles. The fourth-order valence-corrected chi connectivity index (χ4v) is 5.73. The number of likely N-dealkylation sites (tertiary alicyclic amines) is 1. The zero-order valence-corrected chi connectivity index (χ0v) is 15.0. The van der Waals surface area contributed by atoms with Crippen molar-refractivity contribution in [2.24, 2.45) is 0 Å². The molecular weight excluding hydrogens is 318 g/mol. The van der Waals surface area contributed by atoms with Crippen molar-refractivity contribution in [3.8, 4) is 0 Å². The topological polar surface area (TPSA) is 46.8 Å². The van der Waals surface area contributed by atoms with E-state index in [0.29, 0.717) is 6.04 Å². The van der Waals surface area contributed by atoms with Gasteiger partial charge in [-0.25, -0.2) is 4.98 Å². The minimum atomic E-state index is 0.433. The van der Waals surface area contributed by atoms with Gasteiger partial charge in [0.1, 0.15) is 16.7 Å². The Kier molecular flexibility index (Phi) is 3.90.